The Morgan fingerprint density at radius 2 is 1.35 bits per heavy atom. The quantitative estimate of drug-likeness (QED) is 0.289. The molecular formula is C24H21N3O7. The highest BCUT2D eigenvalue weighted by atomic mass is 16.6. The Hall–Kier alpha value is -4.73. The van der Waals surface area contributed by atoms with Crippen LogP contribution < -0.4 is 15.4 Å². The van der Waals surface area contributed by atoms with Crippen LogP contribution in [0.2, 0.25) is 0 Å². The van der Waals surface area contributed by atoms with Crippen molar-refractivity contribution < 1.29 is 28.8 Å². The van der Waals surface area contributed by atoms with Crippen LogP contribution in [0.25, 0.3) is 0 Å². The molecule has 0 saturated carbocycles. The molecule has 0 bridgehead atoms. The number of ether oxygens (including phenoxy) is 2. The topological polar surface area (TPSA) is 137 Å². The lowest BCUT2D eigenvalue weighted by atomic mass is 10.1. The number of carbonyl (C=O) groups excluding carboxylic acids is 3. The maximum atomic E-state index is 12.6. The number of anilines is 2. The Morgan fingerprint density at radius 3 is 1.88 bits per heavy atom. The summed E-state index contributed by atoms with van der Waals surface area (Å²) in [4.78, 5) is 47.3. The summed E-state index contributed by atoms with van der Waals surface area (Å²) in [5.74, 6) is -1.12. The average Bonchev–Trinajstić information content (AvgIpc) is 2.85. The molecule has 0 atom stereocenters. The fourth-order valence-corrected chi connectivity index (χ4v) is 3.00. The van der Waals surface area contributed by atoms with Crippen molar-refractivity contribution in [1.29, 1.82) is 0 Å². The fraction of sp³-hybridized carbons (Fsp3) is 0.125. The van der Waals surface area contributed by atoms with Crippen LogP contribution in [-0.4, -0.2) is 36.4 Å². The number of carbonyl (C=O) groups is 3. The van der Waals surface area contributed by atoms with Crippen molar-refractivity contribution >= 4 is 34.8 Å². The van der Waals surface area contributed by atoms with Crippen LogP contribution in [0.3, 0.4) is 0 Å². The predicted octanol–water partition coefficient (Wildman–Crippen LogP) is 4.28. The number of nitro groups is 1. The molecule has 34 heavy (non-hydrogen) atoms. The summed E-state index contributed by atoms with van der Waals surface area (Å²) >= 11 is 0. The van der Waals surface area contributed by atoms with Gasteiger partial charge >= 0.3 is 5.97 Å². The van der Waals surface area contributed by atoms with E-state index in [-0.39, 0.29) is 17.0 Å². The molecule has 0 aliphatic heterocycles. The molecule has 0 heterocycles. The first-order valence-electron chi connectivity index (χ1n) is 10.1. The second-order valence-corrected chi connectivity index (χ2v) is 6.96. The summed E-state index contributed by atoms with van der Waals surface area (Å²) in [7, 11) is 1.13. The van der Waals surface area contributed by atoms with Crippen LogP contribution in [0, 0.1) is 10.1 Å². The molecule has 0 fully saturated rings. The number of nitrogens with zero attached hydrogens (tertiary/aromatic N) is 1. The third-order valence-electron chi connectivity index (χ3n) is 4.64. The van der Waals surface area contributed by atoms with Crippen LogP contribution in [0.4, 0.5) is 17.1 Å². The van der Waals surface area contributed by atoms with Crippen molar-refractivity contribution in [3.05, 3.63) is 93.5 Å². The number of amides is 2. The maximum Gasteiger partial charge on any atom is 0.338 e. The lowest BCUT2D eigenvalue weighted by molar-refractivity contribution is -0.384. The highest BCUT2D eigenvalue weighted by Gasteiger charge is 2.18. The zero-order valence-electron chi connectivity index (χ0n) is 18.4. The van der Waals surface area contributed by atoms with Crippen molar-refractivity contribution in [3.8, 4) is 5.75 Å². The van der Waals surface area contributed by atoms with Gasteiger partial charge in [0.2, 0.25) is 0 Å². The number of hydrogen-bond acceptors (Lipinski definition) is 7. The van der Waals surface area contributed by atoms with Gasteiger partial charge in [0, 0.05) is 34.6 Å². The van der Waals surface area contributed by atoms with Gasteiger partial charge in [0.25, 0.3) is 17.5 Å². The first-order valence-corrected chi connectivity index (χ1v) is 10.1. The second kappa shape index (κ2) is 10.7. The molecule has 0 spiro atoms. The van der Waals surface area contributed by atoms with E-state index in [4.69, 9.17) is 4.74 Å². The number of methoxy groups -OCH3 is 1. The monoisotopic (exact) mass is 463 g/mol. The maximum absolute atomic E-state index is 12.6. The number of rotatable bonds is 8. The molecule has 3 rings (SSSR count). The zero-order valence-corrected chi connectivity index (χ0v) is 18.4. The minimum absolute atomic E-state index is 0.0908. The van der Waals surface area contributed by atoms with Gasteiger partial charge in [-0.15, -0.1) is 0 Å². The molecular weight excluding hydrogens is 442 g/mol. The van der Waals surface area contributed by atoms with Gasteiger partial charge in [0.1, 0.15) is 5.75 Å². The van der Waals surface area contributed by atoms with E-state index in [0.29, 0.717) is 29.3 Å². The Morgan fingerprint density at radius 1 is 0.824 bits per heavy atom. The van der Waals surface area contributed by atoms with Gasteiger partial charge in [0.15, 0.2) is 0 Å². The van der Waals surface area contributed by atoms with E-state index in [9.17, 15) is 24.5 Å². The summed E-state index contributed by atoms with van der Waals surface area (Å²) in [5.41, 5.74) is 0.673. The van der Waals surface area contributed by atoms with Crippen molar-refractivity contribution in [2.24, 2.45) is 0 Å². The Kier molecular flexibility index (Phi) is 7.55. The number of esters is 1. The summed E-state index contributed by atoms with van der Waals surface area (Å²) in [5, 5.41) is 16.5. The third-order valence-corrected chi connectivity index (χ3v) is 4.64. The Bertz CT molecular complexity index is 1220. The van der Waals surface area contributed by atoms with Crippen LogP contribution in [0.15, 0.2) is 66.7 Å². The minimum atomic E-state index is -0.805. The van der Waals surface area contributed by atoms with Crippen LogP contribution in [0.1, 0.15) is 38.0 Å². The lowest BCUT2D eigenvalue weighted by Gasteiger charge is -2.09. The minimum Gasteiger partial charge on any atom is -0.494 e. The second-order valence-electron chi connectivity index (χ2n) is 6.96. The molecule has 174 valence electrons. The van der Waals surface area contributed by atoms with E-state index in [2.05, 4.69) is 15.4 Å². The molecule has 3 aromatic carbocycles. The largest absolute Gasteiger partial charge is 0.494 e. The van der Waals surface area contributed by atoms with Gasteiger partial charge in [-0.25, -0.2) is 4.79 Å². The van der Waals surface area contributed by atoms with Gasteiger partial charge in [-0.1, -0.05) is 0 Å². The van der Waals surface area contributed by atoms with E-state index in [1.165, 1.54) is 30.3 Å². The van der Waals surface area contributed by atoms with Crippen molar-refractivity contribution in [3.63, 3.8) is 0 Å². The highest BCUT2D eigenvalue weighted by molar-refractivity contribution is 6.07. The molecule has 0 aliphatic carbocycles. The molecule has 2 amide bonds. The van der Waals surface area contributed by atoms with Crippen molar-refractivity contribution in [2.45, 2.75) is 6.92 Å². The standard InChI is InChI=1S/C24H21N3O7/c1-3-34-21-10-8-19(9-11-21)25-22(28)15-4-6-18(7-5-15)26-23(29)16-12-17(24(30)33-2)14-20(13-16)27(31)32/h4-14H,3H2,1-2H3,(H,25,28)(H,26,29). The summed E-state index contributed by atoms with van der Waals surface area (Å²) < 4.78 is 9.95. The van der Waals surface area contributed by atoms with E-state index in [1.807, 2.05) is 6.92 Å². The average molecular weight is 463 g/mol. The predicted molar refractivity (Wildman–Crippen MR) is 124 cm³/mol. The van der Waals surface area contributed by atoms with Gasteiger partial charge in [-0.2, -0.15) is 0 Å². The van der Waals surface area contributed by atoms with Gasteiger partial charge in [0.05, 0.1) is 24.2 Å². The lowest BCUT2D eigenvalue weighted by Crippen LogP contribution is -2.15. The molecule has 10 heteroatoms. The van der Waals surface area contributed by atoms with Gasteiger partial charge in [-0.05, 0) is 61.5 Å². The summed E-state index contributed by atoms with van der Waals surface area (Å²) in [6, 6.07) is 16.3. The first kappa shape index (κ1) is 23.9. The molecule has 0 aliphatic rings. The molecule has 10 nitrogen and oxygen atoms in total. The number of hydrogen-bond donors (Lipinski definition) is 2. The van der Waals surface area contributed by atoms with Crippen molar-refractivity contribution in [1.82, 2.24) is 0 Å². The molecule has 0 saturated heterocycles. The van der Waals surface area contributed by atoms with E-state index < -0.39 is 22.5 Å². The Balaban J connectivity index is 1.70. The number of benzene rings is 3. The molecule has 3 aromatic rings. The summed E-state index contributed by atoms with van der Waals surface area (Å²) in [6.45, 7) is 2.42. The van der Waals surface area contributed by atoms with Crippen LogP contribution in [-0.2, 0) is 4.74 Å². The van der Waals surface area contributed by atoms with E-state index in [1.54, 1.807) is 24.3 Å². The molecule has 2 N–H and O–H groups in total. The third kappa shape index (κ3) is 5.94. The highest BCUT2D eigenvalue weighted by Crippen LogP contribution is 2.20. The first-order chi connectivity index (χ1) is 16.3. The van der Waals surface area contributed by atoms with Gasteiger partial charge < -0.3 is 20.1 Å². The van der Waals surface area contributed by atoms with Crippen LogP contribution >= 0.6 is 0 Å². The van der Waals surface area contributed by atoms with Gasteiger partial charge in [-0.3, -0.25) is 19.7 Å². The summed E-state index contributed by atoms with van der Waals surface area (Å²) in [6.07, 6.45) is 0. The zero-order chi connectivity index (χ0) is 24.7. The van der Waals surface area contributed by atoms with Crippen molar-refractivity contribution in [2.75, 3.05) is 24.4 Å². The molecule has 0 unspecified atom stereocenters. The van der Waals surface area contributed by atoms with E-state index >= 15 is 0 Å². The fourth-order valence-electron chi connectivity index (χ4n) is 3.00. The molecule has 0 aromatic heterocycles. The number of nitro benzene ring substituents is 1. The number of non-ortho nitro benzene ring substituents is 1. The molecule has 0 radical (unpaired) electrons. The van der Waals surface area contributed by atoms with Crippen LogP contribution in [0.5, 0.6) is 5.75 Å². The normalized spacial score (nSPS) is 10.2. The SMILES string of the molecule is CCOc1ccc(NC(=O)c2ccc(NC(=O)c3cc(C(=O)OC)cc([N+](=O)[O-])c3)cc2)cc1. The smallest absolute Gasteiger partial charge is 0.338 e. The van der Waals surface area contributed by atoms with E-state index in [0.717, 1.165) is 19.2 Å². The number of nitrogens with one attached hydrogen (secondary N) is 2. The Labute approximate surface area is 194 Å².